The lowest BCUT2D eigenvalue weighted by Gasteiger charge is -2.40. The Morgan fingerprint density at radius 2 is 1.81 bits per heavy atom. The molecule has 138 valence electrons. The maximum absolute atomic E-state index is 13.2. The molecule has 0 spiro atoms. The van der Waals surface area contributed by atoms with Crippen LogP contribution in [-0.4, -0.2) is 57.1 Å². The molecule has 0 N–H and O–H groups in total. The van der Waals surface area contributed by atoms with Crippen molar-refractivity contribution in [2.75, 3.05) is 32.9 Å². The number of nitrogens with zero attached hydrogens (tertiary/aromatic N) is 2. The molecule has 1 unspecified atom stereocenters. The molecule has 1 aliphatic heterocycles. The van der Waals surface area contributed by atoms with Crippen molar-refractivity contribution < 1.29 is 13.2 Å². The van der Waals surface area contributed by atoms with Crippen molar-refractivity contribution in [2.24, 2.45) is 0 Å². The number of carbonyl (C=O) groups excluding carboxylic acids is 1. The van der Waals surface area contributed by atoms with Gasteiger partial charge in [-0.05, 0) is 30.3 Å². The molecule has 5 nitrogen and oxygen atoms in total. The smallest absolute Gasteiger partial charge is 0.254 e. The van der Waals surface area contributed by atoms with Gasteiger partial charge in [0.2, 0.25) is 0 Å². The van der Waals surface area contributed by atoms with Crippen LogP contribution in [-0.2, 0) is 15.6 Å². The largest absolute Gasteiger partial charge is 0.329 e. The fraction of sp³-hybridized carbons (Fsp3) is 0.350. The first-order chi connectivity index (χ1) is 12.3. The van der Waals surface area contributed by atoms with Crippen LogP contribution in [0.2, 0.25) is 0 Å². The SMILES string of the molecule is CN1CCN(C(=O)c2cccc(CS(C)(=O)=O)c2)C(c2ccccc2)C1. The Balaban J connectivity index is 1.88. The predicted octanol–water partition coefficient (Wildman–Crippen LogP) is 2.36. The van der Waals surface area contributed by atoms with Crippen molar-refractivity contribution in [3.63, 3.8) is 0 Å². The molecular weight excluding hydrogens is 348 g/mol. The highest BCUT2D eigenvalue weighted by atomic mass is 32.2. The van der Waals surface area contributed by atoms with Gasteiger partial charge in [-0.1, -0.05) is 42.5 Å². The van der Waals surface area contributed by atoms with Crippen LogP contribution in [0.15, 0.2) is 54.6 Å². The third-order valence-electron chi connectivity index (χ3n) is 4.63. The molecule has 2 aromatic carbocycles. The molecule has 1 saturated heterocycles. The summed E-state index contributed by atoms with van der Waals surface area (Å²) in [6.45, 7) is 2.24. The standard InChI is InChI=1S/C20H24N2O3S/c1-21-11-12-22(19(14-21)17-8-4-3-5-9-17)20(23)18-10-6-7-16(13-18)15-26(2,24)25/h3-10,13,19H,11-12,14-15H2,1-2H3. The second-order valence-electron chi connectivity index (χ2n) is 6.96. The molecule has 2 aromatic rings. The number of hydrogen-bond acceptors (Lipinski definition) is 4. The van der Waals surface area contributed by atoms with Gasteiger partial charge >= 0.3 is 0 Å². The van der Waals surface area contributed by atoms with E-state index in [2.05, 4.69) is 11.9 Å². The van der Waals surface area contributed by atoms with Crippen molar-refractivity contribution in [3.8, 4) is 0 Å². The van der Waals surface area contributed by atoms with Gasteiger partial charge in [0.25, 0.3) is 5.91 Å². The summed E-state index contributed by atoms with van der Waals surface area (Å²) in [5, 5.41) is 0. The van der Waals surface area contributed by atoms with Crippen molar-refractivity contribution >= 4 is 15.7 Å². The third-order valence-corrected chi connectivity index (χ3v) is 5.49. The average Bonchev–Trinajstić information content (AvgIpc) is 2.60. The normalized spacial score (nSPS) is 18.7. The Morgan fingerprint density at radius 3 is 2.50 bits per heavy atom. The number of sulfone groups is 1. The monoisotopic (exact) mass is 372 g/mol. The minimum absolute atomic E-state index is 0.0130. The topological polar surface area (TPSA) is 57.7 Å². The Morgan fingerprint density at radius 1 is 1.08 bits per heavy atom. The first-order valence-electron chi connectivity index (χ1n) is 8.64. The lowest BCUT2D eigenvalue weighted by molar-refractivity contribution is 0.0498. The number of amides is 1. The molecule has 6 heteroatoms. The molecule has 0 saturated carbocycles. The van der Waals surface area contributed by atoms with Gasteiger partial charge in [0.15, 0.2) is 9.84 Å². The highest BCUT2D eigenvalue weighted by Gasteiger charge is 2.30. The van der Waals surface area contributed by atoms with Crippen molar-refractivity contribution in [3.05, 3.63) is 71.3 Å². The van der Waals surface area contributed by atoms with Crippen LogP contribution >= 0.6 is 0 Å². The van der Waals surface area contributed by atoms with Gasteiger partial charge in [-0.15, -0.1) is 0 Å². The van der Waals surface area contributed by atoms with Crippen LogP contribution < -0.4 is 0 Å². The number of carbonyl (C=O) groups is 1. The second kappa shape index (κ2) is 7.60. The Labute approximate surface area is 155 Å². The minimum Gasteiger partial charge on any atom is -0.329 e. The number of piperazine rings is 1. The molecule has 1 heterocycles. The van der Waals surface area contributed by atoms with Crippen LogP contribution in [0, 0.1) is 0 Å². The van der Waals surface area contributed by atoms with E-state index in [0.717, 1.165) is 18.7 Å². The summed E-state index contributed by atoms with van der Waals surface area (Å²) in [5.74, 6) is -0.110. The van der Waals surface area contributed by atoms with Gasteiger partial charge in [0.1, 0.15) is 0 Å². The Kier molecular flexibility index (Phi) is 5.44. The fourth-order valence-electron chi connectivity index (χ4n) is 3.39. The number of hydrogen-bond donors (Lipinski definition) is 0. The summed E-state index contributed by atoms with van der Waals surface area (Å²) in [7, 11) is -1.08. The molecule has 0 aromatic heterocycles. The number of likely N-dealkylation sites (N-methyl/N-ethyl adjacent to an activating group) is 1. The van der Waals surface area contributed by atoms with Crippen LogP contribution in [0.25, 0.3) is 0 Å². The molecule has 3 rings (SSSR count). The fourth-order valence-corrected chi connectivity index (χ4v) is 4.17. The zero-order valence-corrected chi connectivity index (χ0v) is 15.9. The lowest BCUT2D eigenvalue weighted by Crippen LogP contribution is -2.49. The van der Waals surface area contributed by atoms with E-state index in [-0.39, 0.29) is 17.7 Å². The van der Waals surface area contributed by atoms with E-state index >= 15 is 0 Å². The van der Waals surface area contributed by atoms with Gasteiger partial charge in [-0.25, -0.2) is 8.42 Å². The van der Waals surface area contributed by atoms with E-state index in [1.807, 2.05) is 35.2 Å². The van der Waals surface area contributed by atoms with Gasteiger partial charge in [-0.2, -0.15) is 0 Å². The van der Waals surface area contributed by atoms with Gasteiger partial charge < -0.3 is 9.80 Å². The molecule has 0 aliphatic carbocycles. The summed E-state index contributed by atoms with van der Waals surface area (Å²) in [5.41, 5.74) is 2.29. The summed E-state index contributed by atoms with van der Waals surface area (Å²) in [6, 6.07) is 17.0. The summed E-state index contributed by atoms with van der Waals surface area (Å²) in [6.07, 6.45) is 1.20. The van der Waals surface area contributed by atoms with E-state index in [0.29, 0.717) is 17.7 Å². The zero-order valence-electron chi connectivity index (χ0n) is 15.1. The van der Waals surface area contributed by atoms with Gasteiger partial charge in [-0.3, -0.25) is 4.79 Å². The van der Waals surface area contributed by atoms with Crippen molar-refractivity contribution in [1.82, 2.24) is 9.80 Å². The molecule has 26 heavy (non-hydrogen) atoms. The quantitative estimate of drug-likeness (QED) is 0.827. The van der Waals surface area contributed by atoms with Crippen molar-refractivity contribution in [1.29, 1.82) is 0 Å². The van der Waals surface area contributed by atoms with Crippen molar-refractivity contribution in [2.45, 2.75) is 11.8 Å². The van der Waals surface area contributed by atoms with E-state index in [1.165, 1.54) is 6.26 Å². The summed E-state index contributed by atoms with van der Waals surface area (Å²) in [4.78, 5) is 17.3. The van der Waals surface area contributed by atoms with E-state index < -0.39 is 9.84 Å². The predicted molar refractivity (Wildman–Crippen MR) is 103 cm³/mol. The lowest BCUT2D eigenvalue weighted by atomic mass is 10.0. The van der Waals surface area contributed by atoms with E-state index in [4.69, 9.17) is 0 Å². The zero-order chi connectivity index (χ0) is 18.7. The Bertz CT molecular complexity index is 881. The van der Waals surface area contributed by atoms with Gasteiger partial charge in [0.05, 0.1) is 11.8 Å². The third kappa shape index (κ3) is 4.51. The van der Waals surface area contributed by atoms with E-state index in [9.17, 15) is 13.2 Å². The van der Waals surface area contributed by atoms with Crippen LogP contribution in [0.4, 0.5) is 0 Å². The van der Waals surface area contributed by atoms with Crippen LogP contribution in [0.3, 0.4) is 0 Å². The summed E-state index contributed by atoms with van der Waals surface area (Å²) >= 11 is 0. The molecule has 1 aliphatic rings. The summed E-state index contributed by atoms with van der Waals surface area (Å²) < 4.78 is 23.1. The number of rotatable bonds is 4. The first-order valence-corrected chi connectivity index (χ1v) is 10.7. The first kappa shape index (κ1) is 18.6. The molecule has 1 fully saturated rings. The molecule has 1 atom stereocenters. The Hall–Kier alpha value is -2.18. The number of benzene rings is 2. The minimum atomic E-state index is -3.14. The molecule has 0 bridgehead atoms. The van der Waals surface area contributed by atoms with E-state index in [1.54, 1.807) is 24.3 Å². The highest BCUT2D eigenvalue weighted by molar-refractivity contribution is 7.89. The maximum Gasteiger partial charge on any atom is 0.254 e. The molecular formula is C20H24N2O3S. The molecule has 1 amide bonds. The second-order valence-corrected chi connectivity index (χ2v) is 9.10. The van der Waals surface area contributed by atoms with Crippen LogP contribution in [0.1, 0.15) is 27.5 Å². The van der Waals surface area contributed by atoms with Crippen LogP contribution in [0.5, 0.6) is 0 Å². The average molecular weight is 372 g/mol. The highest BCUT2D eigenvalue weighted by Crippen LogP contribution is 2.26. The maximum atomic E-state index is 13.2. The van der Waals surface area contributed by atoms with Gasteiger partial charge in [0, 0.05) is 31.5 Å². The molecule has 0 radical (unpaired) electrons.